The number of hydrogen-bond acceptors (Lipinski definition) is 8. The highest BCUT2D eigenvalue weighted by molar-refractivity contribution is 7.90. The Bertz CT molecular complexity index is 2100. The van der Waals surface area contributed by atoms with Crippen molar-refractivity contribution in [3.05, 3.63) is 123 Å². The topological polar surface area (TPSA) is 112 Å². The van der Waals surface area contributed by atoms with Crippen LogP contribution < -0.4 is 10.1 Å². The maximum absolute atomic E-state index is 13.7. The molecule has 0 fully saturated rings. The molecular weight excluding hydrogens is 667 g/mol. The zero-order valence-corrected chi connectivity index (χ0v) is 27.7. The van der Waals surface area contributed by atoms with Gasteiger partial charge in [0.1, 0.15) is 24.1 Å². The van der Waals surface area contributed by atoms with Crippen molar-refractivity contribution in [3.8, 4) is 17.6 Å². The summed E-state index contributed by atoms with van der Waals surface area (Å²) in [5, 5.41) is 3.37. The van der Waals surface area contributed by atoms with E-state index in [4.69, 9.17) is 32.7 Å². The quantitative estimate of drug-likeness (QED) is 0.139. The van der Waals surface area contributed by atoms with Crippen molar-refractivity contribution in [3.63, 3.8) is 0 Å². The third-order valence-corrected chi connectivity index (χ3v) is 9.64. The average Bonchev–Trinajstić information content (AvgIpc) is 3.45. The molecule has 0 unspecified atom stereocenters. The van der Waals surface area contributed by atoms with Gasteiger partial charge in [0.05, 0.1) is 32.3 Å². The number of fused-ring (bicyclic) bond motifs is 1. The number of hydrogen-bond donors (Lipinski definition) is 1. The fourth-order valence-electron chi connectivity index (χ4n) is 4.53. The number of sulfone groups is 1. The summed E-state index contributed by atoms with van der Waals surface area (Å²) < 4.78 is 40.0. The Labute approximate surface area is 280 Å². The molecule has 0 aliphatic carbocycles. The van der Waals surface area contributed by atoms with Crippen molar-refractivity contribution in [2.24, 2.45) is 0 Å². The smallest absolute Gasteiger partial charge is 0.329 e. The molecule has 0 spiro atoms. The Morgan fingerprint density at radius 2 is 1.70 bits per heavy atom. The highest BCUT2D eigenvalue weighted by atomic mass is 35.5. The summed E-state index contributed by atoms with van der Waals surface area (Å²) in [6.07, 6.45) is 1.04. The average molecular weight is 694 g/mol. The van der Waals surface area contributed by atoms with Crippen LogP contribution in [0.1, 0.15) is 32.7 Å². The largest absolute Gasteiger partial charge is 0.497 e. The number of nitrogens with zero attached hydrogens (tertiary/aromatic N) is 1. The Kier molecular flexibility index (Phi) is 10.3. The van der Waals surface area contributed by atoms with Crippen molar-refractivity contribution in [1.29, 1.82) is 0 Å². The minimum absolute atomic E-state index is 0.0245. The van der Waals surface area contributed by atoms with Crippen LogP contribution in [0.25, 0.3) is 10.1 Å². The Morgan fingerprint density at radius 1 is 0.957 bits per heavy atom. The van der Waals surface area contributed by atoms with Gasteiger partial charge >= 0.3 is 5.97 Å². The van der Waals surface area contributed by atoms with E-state index in [1.54, 1.807) is 43.5 Å². The van der Waals surface area contributed by atoms with Crippen LogP contribution in [0.2, 0.25) is 10.0 Å². The Morgan fingerprint density at radius 3 is 2.43 bits per heavy atom. The van der Waals surface area contributed by atoms with Crippen LogP contribution in [-0.4, -0.2) is 44.1 Å². The van der Waals surface area contributed by atoms with Crippen LogP contribution in [0.5, 0.6) is 5.75 Å². The van der Waals surface area contributed by atoms with Gasteiger partial charge in [0.2, 0.25) is 0 Å². The second-order valence-corrected chi connectivity index (χ2v) is 13.8. The van der Waals surface area contributed by atoms with Crippen LogP contribution in [0.3, 0.4) is 0 Å². The van der Waals surface area contributed by atoms with Gasteiger partial charge in [-0.3, -0.25) is 4.79 Å². The molecule has 8 nitrogen and oxygen atoms in total. The van der Waals surface area contributed by atoms with Gasteiger partial charge in [-0.05, 0) is 65.0 Å². The Hall–Kier alpha value is -4.40. The summed E-state index contributed by atoms with van der Waals surface area (Å²) in [6, 6.07) is 22.9. The Balaban J connectivity index is 1.43. The molecule has 0 saturated heterocycles. The molecule has 0 aliphatic rings. The molecule has 0 aliphatic heterocycles. The first-order chi connectivity index (χ1) is 22.0. The number of benzene rings is 4. The molecule has 0 bridgehead atoms. The van der Waals surface area contributed by atoms with Gasteiger partial charge in [0, 0.05) is 23.6 Å². The number of ether oxygens (including phenoxy) is 2. The zero-order valence-electron chi connectivity index (χ0n) is 24.5. The number of carbonyl (C=O) groups excluding carboxylic acids is 2. The van der Waals surface area contributed by atoms with Crippen molar-refractivity contribution in [2.75, 3.05) is 13.4 Å². The number of rotatable bonds is 9. The van der Waals surface area contributed by atoms with Crippen LogP contribution in [0.4, 0.5) is 0 Å². The molecule has 1 amide bonds. The minimum atomic E-state index is -3.51. The molecule has 1 N–H and O–H groups in total. The lowest BCUT2D eigenvalue weighted by molar-refractivity contribution is -0.147. The van der Waals surface area contributed by atoms with E-state index in [0.29, 0.717) is 27.1 Å². The molecular formula is C34H26Cl2N2O6S2. The van der Waals surface area contributed by atoms with E-state index in [-0.39, 0.29) is 33.5 Å². The van der Waals surface area contributed by atoms with Crippen molar-refractivity contribution >= 4 is 66.5 Å². The zero-order chi connectivity index (χ0) is 32.8. The molecule has 1 atom stereocenters. The maximum Gasteiger partial charge on any atom is 0.329 e. The molecule has 234 valence electrons. The summed E-state index contributed by atoms with van der Waals surface area (Å²) in [5.41, 5.74) is 2.37. The highest BCUT2D eigenvalue weighted by Gasteiger charge is 2.28. The first-order valence-corrected chi connectivity index (χ1v) is 17.2. The van der Waals surface area contributed by atoms with Crippen LogP contribution in [-0.2, 0) is 32.4 Å². The van der Waals surface area contributed by atoms with Gasteiger partial charge in [0.15, 0.2) is 9.84 Å². The van der Waals surface area contributed by atoms with E-state index < -0.39 is 27.8 Å². The van der Waals surface area contributed by atoms with E-state index in [2.05, 4.69) is 21.5 Å². The van der Waals surface area contributed by atoms with Gasteiger partial charge in [-0.2, -0.15) is 4.37 Å². The van der Waals surface area contributed by atoms with Crippen LogP contribution >= 0.6 is 34.7 Å². The number of esters is 1. The molecule has 46 heavy (non-hydrogen) atoms. The first-order valence-electron chi connectivity index (χ1n) is 13.8. The lowest BCUT2D eigenvalue weighted by Crippen LogP contribution is -2.43. The lowest BCUT2D eigenvalue weighted by Gasteiger charge is -2.19. The molecule has 0 saturated carbocycles. The SMILES string of the molecule is COc1cccc(C#Cc2nsc3c(Cl)c(C(=O)N[C@@H](Cc4cccc(S(C)(=O)=O)c4)C(=O)OCc4ccccc4)c(Cl)cc23)c1. The van der Waals surface area contributed by atoms with E-state index in [1.807, 2.05) is 36.4 Å². The predicted octanol–water partition coefficient (Wildman–Crippen LogP) is 6.50. The summed E-state index contributed by atoms with van der Waals surface area (Å²) in [7, 11) is -1.93. The number of carbonyl (C=O) groups is 2. The lowest BCUT2D eigenvalue weighted by atomic mass is 10.0. The van der Waals surface area contributed by atoms with Crippen molar-refractivity contribution in [1.82, 2.24) is 9.69 Å². The summed E-state index contributed by atoms with van der Waals surface area (Å²) in [4.78, 5) is 27.1. The van der Waals surface area contributed by atoms with Gasteiger partial charge in [-0.1, -0.05) is 77.7 Å². The number of nitrogens with one attached hydrogen (secondary N) is 1. The van der Waals surface area contributed by atoms with Crippen LogP contribution in [0.15, 0.2) is 89.8 Å². The molecule has 5 aromatic rings. The number of aromatic nitrogens is 1. The van der Waals surface area contributed by atoms with E-state index in [1.165, 1.54) is 12.1 Å². The van der Waals surface area contributed by atoms with Crippen molar-refractivity contribution in [2.45, 2.75) is 24.0 Å². The van der Waals surface area contributed by atoms with E-state index >= 15 is 0 Å². The van der Waals surface area contributed by atoms with Crippen LogP contribution in [0, 0.1) is 11.8 Å². The number of methoxy groups -OCH3 is 1. The van der Waals surface area contributed by atoms with Gasteiger partial charge in [-0.25, -0.2) is 13.2 Å². The fraction of sp³-hybridized carbons (Fsp3) is 0.147. The van der Waals surface area contributed by atoms with Gasteiger partial charge < -0.3 is 14.8 Å². The molecule has 0 radical (unpaired) electrons. The standard InChI is InChI=1S/C34H26Cl2N2O6S2/c1-43-24-12-6-10-21(16-24)14-15-28-26-19-27(35)30(31(36)32(26)45-38-28)33(39)37-29(34(40)44-20-22-8-4-3-5-9-22)18-23-11-7-13-25(17-23)46(2,41)42/h3-13,16-17,19,29H,18,20H2,1-2H3,(H,37,39)/t29-/m0/s1. The fourth-order valence-corrected chi connectivity index (χ4v) is 6.71. The normalized spacial score (nSPS) is 11.7. The summed E-state index contributed by atoms with van der Waals surface area (Å²) in [6.45, 7) is -0.0245. The molecule has 1 heterocycles. The monoisotopic (exact) mass is 692 g/mol. The predicted molar refractivity (Wildman–Crippen MR) is 179 cm³/mol. The third-order valence-electron chi connectivity index (χ3n) is 6.86. The van der Waals surface area contributed by atoms with Gasteiger partial charge in [0.25, 0.3) is 5.91 Å². The minimum Gasteiger partial charge on any atom is -0.497 e. The third kappa shape index (κ3) is 7.87. The van der Waals surface area contributed by atoms with Crippen molar-refractivity contribution < 1.29 is 27.5 Å². The first kappa shape index (κ1) is 33.0. The van der Waals surface area contributed by atoms with E-state index in [9.17, 15) is 18.0 Å². The van der Waals surface area contributed by atoms with Gasteiger partial charge in [-0.15, -0.1) is 0 Å². The van der Waals surface area contributed by atoms with E-state index in [0.717, 1.165) is 28.9 Å². The second kappa shape index (κ2) is 14.4. The molecule has 1 aromatic heterocycles. The number of halogens is 2. The number of amides is 1. The molecule has 4 aromatic carbocycles. The maximum atomic E-state index is 13.7. The molecule has 5 rings (SSSR count). The highest BCUT2D eigenvalue weighted by Crippen LogP contribution is 2.37. The second-order valence-electron chi connectivity index (χ2n) is 10.2. The molecule has 12 heteroatoms. The summed E-state index contributed by atoms with van der Waals surface area (Å²) in [5.74, 6) is 5.31. The summed E-state index contributed by atoms with van der Waals surface area (Å²) >= 11 is 14.4.